The second-order valence-electron chi connectivity index (χ2n) is 6.53. The number of halogens is 2. The Morgan fingerprint density at radius 3 is 2.17 bits per heavy atom. The molecule has 0 unspecified atom stereocenters. The number of benzene rings is 3. The standard InChI is InChI=1S/C22H15BrFNO4/c23-17-9-10-18(24)20(19(17)21(26)27)25-22(28)29-11-16-14-7-3-1-5-12(14)13-6-2-4-8-15(13)16/h1-10,16H,11H2,(H,25,28)(H,26,27). The number of carbonyl (C=O) groups is 2. The number of hydrogen-bond donors (Lipinski definition) is 2. The van der Waals surface area contributed by atoms with Gasteiger partial charge >= 0.3 is 12.1 Å². The van der Waals surface area contributed by atoms with Crippen LogP contribution in [0.1, 0.15) is 27.4 Å². The molecule has 1 aliphatic rings. The van der Waals surface area contributed by atoms with Gasteiger partial charge in [-0.25, -0.2) is 14.0 Å². The molecule has 29 heavy (non-hydrogen) atoms. The molecule has 146 valence electrons. The van der Waals surface area contributed by atoms with Crippen molar-refractivity contribution in [3.63, 3.8) is 0 Å². The van der Waals surface area contributed by atoms with Gasteiger partial charge in [0.2, 0.25) is 0 Å². The molecule has 0 saturated carbocycles. The number of amides is 1. The summed E-state index contributed by atoms with van der Waals surface area (Å²) in [6.45, 7) is 0.0396. The van der Waals surface area contributed by atoms with Gasteiger partial charge in [-0.05, 0) is 50.3 Å². The van der Waals surface area contributed by atoms with Crippen LogP contribution in [0.3, 0.4) is 0 Å². The Morgan fingerprint density at radius 1 is 1.00 bits per heavy atom. The zero-order valence-corrected chi connectivity index (χ0v) is 16.6. The first-order valence-electron chi connectivity index (χ1n) is 8.80. The fourth-order valence-electron chi connectivity index (χ4n) is 3.62. The molecule has 0 atom stereocenters. The summed E-state index contributed by atoms with van der Waals surface area (Å²) in [4.78, 5) is 23.8. The first kappa shape index (κ1) is 19.1. The zero-order chi connectivity index (χ0) is 20.5. The van der Waals surface area contributed by atoms with Crippen molar-refractivity contribution in [2.45, 2.75) is 5.92 Å². The fraction of sp³-hybridized carbons (Fsp3) is 0.0909. The van der Waals surface area contributed by atoms with Crippen molar-refractivity contribution in [2.75, 3.05) is 11.9 Å². The van der Waals surface area contributed by atoms with Crippen LogP contribution in [0.15, 0.2) is 65.1 Å². The highest BCUT2D eigenvalue weighted by Gasteiger charge is 2.29. The quantitative estimate of drug-likeness (QED) is 0.532. The first-order valence-corrected chi connectivity index (χ1v) is 9.60. The molecule has 0 saturated heterocycles. The van der Waals surface area contributed by atoms with Crippen LogP contribution in [0.25, 0.3) is 11.1 Å². The summed E-state index contributed by atoms with van der Waals surface area (Å²) < 4.78 is 19.6. The minimum atomic E-state index is -1.37. The number of fused-ring (bicyclic) bond motifs is 3. The smallest absolute Gasteiger partial charge is 0.411 e. The maximum atomic E-state index is 14.1. The molecule has 0 spiro atoms. The molecule has 0 radical (unpaired) electrons. The number of aromatic carboxylic acids is 1. The van der Waals surface area contributed by atoms with E-state index in [9.17, 15) is 19.1 Å². The Morgan fingerprint density at radius 2 is 1.59 bits per heavy atom. The van der Waals surface area contributed by atoms with Gasteiger partial charge in [0, 0.05) is 10.4 Å². The van der Waals surface area contributed by atoms with E-state index in [2.05, 4.69) is 21.2 Å². The molecule has 0 heterocycles. The van der Waals surface area contributed by atoms with Gasteiger partial charge in [0.25, 0.3) is 0 Å². The monoisotopic (exact) mass is 455 g/mol. The van der Waals surface area contributed by atoms with Gasteiger partial charge < -0.3 is 9.84 Å². The molecule has 3 aromatic carbocycles. The number of rotatable bonds is 4. The average Bonchev–Trinajstić information content (AvgIpc) is 3.03. The summed E-state index contributed by atoms with van der Waals surface area (Å²) in [5.41, 5.74) is 3.44. The third-order valence-corrected chi connectivity index (χ3v) is 5.55. The minimum absolute atomic E-state index is 0.0396. The van der Waals surface area contributed by atoms with Crippen LogP contribution in [-0.2, 0) is 4.74 Å². The van der Waals surface area contributed by atoms with E-state index in [-0.39, 0.29) is 22.6 Å². The molecule has 7 heteroatoms. The lowest BCUT2D eigenvalue weighted by molar-refractivity contribution is 0.0696. The lowest BCUT2D eigenvalue weighted by atomic mass is 9.98. The SMILES string of the molecule is O=C(Nc1c(F)ccc(Br)c1C(=O)O)OCC1c2ccccc2-c2ccccc21. The largest absolute Gasteiger partial charge is 0.478 e. The molecular formula is C22H15BrFNO4. The van der Waals surface area contributed by atoms with Crippen molar-refractivity contribution in [2.24, 2.45) is 0 Å². The Balaban J connectivity index is 1.55. The molecule has 3 aromatic rings. The number of carboxylic acids is 1. The fourth-order valence-corrected chi connectivity index (χ4v) is 4.12. The van der Waals surface area contributed by atoms with Gasteiger partial charge in [-0.15, -0.1) is 0 Å². The van der Waals surface area contributed by atoms with Crippen LogP contribution < -0.4 is 5.32 Å². The molecule has 4 rings (SSSR count). The summed E-state index contributed by atoms with van der Waals surface area (Å²) in [6, 6.07) is 18.1. The second-order valence-corrected chi connectivity index (χ2v) is 7.39. The van der Waals surface area contributed by atoms with Gasteiger partial charge in [0.15, 0.2) is 0 Å². The molecular weight excluding hydrogens is 441 g/mol. The van der Waals surface area contributed by atoms with Crippen LogP contribution in [0.5, 0.6) is 0 Å². The maximum Gasteiger partial charge on any atom is 0.411 e. The van der Waals surface area contributed by atoms with Gasteiger partial charge in [-0.3, -0.25) is 5.32 Å². The molecule has 1 amide bonds. The molecule has 0 bridgehead atoms. The predicted molar refractivity (Wildman–Crippen MR) is 110 cm³/mol. The lowest BCUT2D eigenvalue weighted by Gasteiger charge is -2.15. The van der Waals surface area contributed by atoms with Crippen LogP contribution in [0.4, 0.5) is 14.9 Å². The highest BCUT2D eigenvalue weighted by Crippen LogP contribution is 2.44. The minimum Gasteiger partial charge on any atom is -0.478 e. The lowest BCUT2D eigenvalue weighted by Crippen LogP contribution is -2.20. The second kappa shape index (κ2) is 7.67. The Hall–Kier alpha value is -3.19. The molecule has 0 aliphatic heterocycles. The molecule has 5 nitrogen and oxygen atoms in total. The Kier molecular flexibility index (Phi) is 5.07. The van der Waals surface area contributed by atoms with E-state index in [1.54, 1.807) is 0 Å². The number of carbonyl (C=O) groups excluding carboxylic acids is 1. The Labute approximate surface area is 174 Å². The van der Waals surface area contributed by atoms with Gasteiger partial charge in [-0.1, -0.05) is 48.5 Å². The van der Waals surface area contributed by atoms with E-state index >= 15 is 0 Å². The topological polar surface area (TPSA) is 75.6 Å². The summed E-state index contributed by atoms with van der Waals surface area (Å²) in [7, 11) is 0. The average molecular weight is 456 g/mol. The maximum absolute atomic E-state index is 14.1. The predicted octanol–water partition coefficient (Wildman–Crippen LogP) is 5.65. The number of anilines is 1. The van der Waals surface area contributed by atoms with E-state index < -0.39 is 23.6 Å². The van der Waals surface area contributed by atoms with E-state index in [1.807, 2.05) is 48.5 Å². The Bertz CT molecular complexity index is 1090. The van der Waals surface area contributed by atoms with Gasteiger partial charge in [0.05, 0.1) is 5.69 Å². The summed E-state index contributed by atoms with van der Waals surface area (Å²) in [5.74, 6) is -2.39. The van der Waals surface area contributed by atoms with Gasteiger partial charge in [0.1, 0.15) is 18.0 Å². The summed E-state index contributed by atoms with van der Waals surface area (Å²) in [5, 5.41) is 11.5. The van der Waals surface area contributed by atoms with Crippen molar-refractivity contribution in [3.8, 4) is 11.1 Å². The third-order valence-electron chi connectivity index (χ3n) is 4.89. The number of nitrogens with one attached hydrogen (secondary N) is 1. The van der Waals surface area contributed by atoms with Crippen molar-refractivity contribution in [1.29, 1.82) is 0 Å². The van der Waals surface area contributed by atoms with Crippen molar-refractivity contribution < 1.29 is 23.8 Å². The van der Waals surface area contributed by atoms with Crippen LogP contribution in [0, 0.1) is 5.82 Å². The number of carboxylic acid groups (broad SMARTS) is 1. The summed E-state index contributed by atoms with van der Waals surface area (Å²) >= 11 is 3.06. The van der Waals surface area contributed by atoms with Crippen LogP contribution >= 0.6 is 15.9 Å². The van der Waals surface area contributed by atoms with Crippen molar-refractivity contribution >= 4 is 33.7 Å². The number of hydrogen-bond acceptors (Lipinski definition) is 3. The van der Waals surface area contributed by atoms with Crippen LogP contribution in [-0.4, -0.2) is 23.8 Å². The van der Waals surface area contributed by atoms with Crippen LogP contribution in [0.2, 0.25) is 0 Å². The van der Waals surface area contributed by atoms with E-state index in [0.29, 0.717) is 0 Å². The zero-order valence-electron chi connectivity index (χ0n) is 15.0. The van der Waals surface area contributed by atoms with E-state index in [0.717, 1.165) is 28.3 Å². The van der Waals surface area contributed by atoms with Crippen molar-refractivity contribution in [3.05, 3.63) is 87.6 Å². The highest BCUT2D eigenvalue weighted by molar-refractivity contribution is 9.10. The normalized spacial score (nSPS) is 12.2. The molecule has 0 fully saturated rings. The van der Waals surface area contributed by atoms with E-state index in [1.165, 1.54) is 6.07 Å². The van der Waals surface area contributed by atoms with Gasteiger partial charge in [-0.2, -0.15) is 0 Å². The van der Waals surface area contributed by atoms with Crippen molar-refractivity contribution in [1.82, 2.24) is 0 Å². The molecule has 1 aliphatic carbocycles. The molecule has 2 N–H and O–H groups in total. The molecule has 0 aromatic heterocycles. The first-order chi connectivity index (χ1) is 14.0. The summed E-state index contributed by atoms with van der Waals surface area (Å²) in [6.07, 6.45) is -0.925. The third kappa shape index (κ3) is 3.49. The number of ether oxygens (including phenoxy) is 1. The highest BCUT2D eigenvalue weighted by atomic mass is 79.9. The van der Waals surface area contributed by atoms with E-state index in [4.69, 9.17) is 4.74 Å².